The predicted molar refractivity (Wildman–Crippen MR) is 81.3 cm³/mol. The van der Waals surface area contributed by atoms with Crippen molar-refractivity contribution in [3.8, 4) is 0 Å². The van der Waals surface area contributed by atoms with Crippen LogP contribution in [0.4, 0.5) is 5.69 Å². The number of furan rings is 1. The first-order valence-electron chi connectivity index (χ1n) is 6.96. The second kappa shape index (κ2) is 6.26. The van der Waals surface area contributed by atoms with E-state index < -0.39 is 5.92 Å². The van der Waals surface area contributed by atoms with Gasteiger partial charge in [-0.25, -0.2) is 5.43 Å². The molecule has 112 valence electrons. The number of benzene rings is 1. The van der Waals surface area contributed by atoms with E-state index in [1.807, 2.05) is 30.3 Å². The quantitative estimate of drug-likeness (QED) is 0.690. The Balaban J connectivity index is 1.59. The molecule has 6 nitrogen and oxygen atoms in total. The molecule has 0 saturated carbocycles. The Morgan fingerprint density at radius 2 is 2.09 bits per heavy atom. The molecule has 2 heterocycles. The smallest absolute Gasteiger partial charge is 0.245 e. The second-order valence-corrected chi connectivity index (χ2v) is 4.99. The lowest BCUT2D eigenvalue weighted by molar-refractivity contribution is -0.126. The predicted octanol–water partition coefficient (Wildman–Crippen LogP) is 1.78. The highest BCUT2D eigenvalue weighted by Gasteiger charge is 2.34. The first-order valence-corrected chi connectivity index (χ1v) is 6.96. The standard InChI is InChI=1S/C16H15N3O3/c20-15-9-12(11-19(15)13-5-2-1-3-6-13)16(21)18-17-10-14-7-4-8-22-14/h1-8,10,12H,9,11H2,(H,18,21)/b17-10-/t12-/m1/s1. The van der Waals surface area contributed by atoms with Crippen LogP contribution in [0.15, 0.2) is 58.2 Å². The monoisotopic (exact) mass is 297 g/mol. The molecular formula is C16H15N3O3. The maximum absolute atomic E-state index is 12.1. The van der Waals surface area contributed by atoms with Crippen LogP contribution in [0.1, 0.15) is 12.2 Å². The van der Waals surface area contributed by atoms with Gasteiger partial charge in [0.1, 0.15) is 5.76 Å². The van der Waals surface area contributed by atoms with Gasteiger partial charge in [0.15, 0.2) is 0 Å². The third kappa shape index (κ3) is 3.06. The maximum atomic E-state index is 12.1. The van der Waals surface area contributed by atoms with Gasteiger partial charge >= 0.3 is 0 Å². The minimum absolute atomic E-state index is 0.0543. The van der Waals surface area contributed by atoms with Gasteiger partial charge in [-0.15, -0.1) is 0 Å². The summed E-state index contributed by atoms with van der Waals surface area (Å²) in [5.74, 6) is -0.175. The molecule has 3 rings (SSSR count). The molecule has 0 radical (unpaired) electrons. The van der Waals surface area contributed by atoms with E-state index in [4.69, 9.17) is 4.42 Å². The average molecular weight is 297 g/mol. The fourth-order valence-electron chi connectivity index (χ4n) is 2.36. The van der Waals surface area contributed by atoms with Crippen LogP contribution in [0.5, 0.6) is 0 Å². The zero-order valence-electron chi connectivity index (χ0n) is 11.8. The molecule has 1 aromatic carbocycles. The normalized spacial score (nSPS) is 18.1. The SMILES string of the molecule is O=C(N/N=C\c1ccco1)[C@@H]1CC(=O)N(c2ccccc2)C1. The number of carbonyl (C=O) groups excluding carboxylic acids is 2. The van der Waals surface area contributed by atoms with Gasteiger partial charge in [-0.2, -0.15) is 5.10 Å². The summed E-state index contributed by atoms with van der Waals surface area (Å²) in [6.07, 6.45) is 3.14. The number of nitrogens with zero attached hydrogens (tertiary/aromatic N) is 2. The summed E-state index contributed by atoms with van der Waals surface area (Å²) >= 11 is 0. The van der Waals surface area contributed by atoms with Gasteiger partial charge in [0, 0.05) is 18.7 Å². The number of nitrogens with one attached hydrogen (secondary N) is 1. The number of hydrogen-bond donors (Lipinski definition) is 1. The largest absolute Gasteiger partial charge is 0.463 e. The van der Waals surface area contributed by atoms with Crippen molar-refractivity contribution >= 4 is 23.7 Å². The summed E-state index contributed by atoms with van der Waals surface area (Å²) in [6.45, 7) is 0.366. The lowest BCUT2D eigenvalue weighted by atomic mass is 10.1. The van der Waals surface area contributed by atoms with Crippen molar-refractivity contribution in [3.63, 3.8) is 0 Å². The van der Waals surface area contributed by atoms with E-state index >= 15 is 0 Å². The minimum Gasteiger partial charge on any atom is -0.463 e. The van der Waals surface area contributed by atoms with Crippen molar-refractivity contribution in [1.82, 2.24) is 5.43 Å². The summed E-state index contributed by atoms with van der Waals surface area (Å²) in [4.78, 5) is 25.7. The number of hydrogen-bond acceptors (Lipinski definition) is 4. The van der Waals surface area contributed by atoms with Gasteiger partial charge in [-0.3, -0.25) is 9.59 Å². The molecule has 1 aliphatic heterocycles. The first-order chi connectivity index (χ1) is 10.7. The molecule has 2 aromatic rings. The van der Waals surface area contributed by atoms with Gasteiger partial charge in [0.2, 0.25) is 11.8 Å². The van der Waals surface area contributed by atoms with Crippen molar-refractivity contribution in [2.24, 2.45) is 11.0 Å². The molecule has 1 saturated heterocycles. The molecule has 0 spiro atoms. The molecule has 1 aliphatic rings. The molecule has 1 N–H and O–H groups in total. The summed E-state index contributed by atoms with van der Waals surface area (Å²) in [5.41, 5.74) is 3.25. The van der Waals surface area contributed by atoms with E-state index in [1.165, 1.54) is 12.5 Å². The Kier molecular flexibility index (Phi) is 4.00. The van der Waals surface area contributed by atoms with Crippen molar-refractivity contribution in [1.29, 1.82) is 0 Å². The molecule has 6 heteroatoms. The molecule has 1 fully saturated rings. The van der Waals surface area contributed by atoms with E-state index in [0.717, 1.165) is 5.69 Å². The van der Waals surface area contributed by atoms with E-state index in [1.54, 1.807) is 17.0 Å². The third-order valence-electron chi connectivity index (χ3n) is 3.47. The molecule has 0 unspecified atom stereocenters. The topological polar surface area (TPSA) is 74.9 Å². The Labute approximate surface area is 127 Å². The van der Waals surface area contributed by atoms with Gasteiger partial charge in [-0.1, -0.05) is 18.2 Å². The van der Waals surface area contributed by atoms with Crippen molar-refractivity contribution < 1.29 is 14.0 Å². The van der Waals surface area contributed by atoms with Crippen molar-refractivity contribution in [2.45, 2.75) is 6.42 Å². The van der Waals surface area contributed by atoms with Crippen LogP contribution in [0.25, 0.3) is 0 Å². The molecule has 1 aromatic heterocycles. The number of para-hydroxylation sites is 1. The lowest BCUT2D eigenvalue weighted by Crippen LogP contribution is -2.30. The molecule has 22 heavy (non-hydrogen) atoms. The highest BCUT2D eigenvalue weighted by atomic mass is 16.3. The minimum atomic E-state index is -0.401. The number of rotatable bonds is 4. The highest BCUT2D eigenvalue weighted by Crippen LogP contribution is 2.24. The van der Waals surface area contributed by atoms with E-state index in [0.29, 0.717) is 12.3 Å². The zero-order valence-corrected chi connectivity index (χ0v) is 11.8. The fraction of sp³-hybridized carbons (Fsp3) is 0.188. The Hall–Kier alpha value is -2.89. The Bertz CT molecular complexity index is 680. The Morgan fingerprint density at radius 3 is 2.82 bits per heavy atom. The van der Waals surface area contributed by atoms with Crippen LogP contribution < -0.4 is 10.3 Å². The number of anilines is 1. The highest BCUT2D eigenvalue weighted by molar-refractivity contribution is 6.00. The zero-order chi connectivity index (χ0) is 15.4. The molecular weight excluding hydrogens is 282 g/mol. The van der Waals surface area contributed by atoms with E-state index in [2.05, 4.69) is 10.5 Å². The van der Waals surface area contributed by atoms with Crippen molar-refractivity contribution in [3.05, 3.63) is 54.5 Å². The number of hydrazone groups is 1. The van der Waals surface area contributed by atoms with Gasteiger partial charge in [-0.05, 0) is 24.3 Å². The van der Waals surface area contributed by atoms with E-state index in [-0.39, 0.29) is 18.2 Å². The van der Waals surface area contributed by atoms with Crippen LogP contribution in [0.2, 0.25) is 0 Å². The first kappa shape index (κ1) is 14.1. The molecule has 0 aliphatic carbocycles. The van der Waals surface area contributed by atoms with Gasteiger partial charge < -0.3 is 9.32 Å². The summed E-state index contributed by atoms with van der Waals surface area (Å²) in [6, 6.07) is 12.8. The average Bonchev–Trinajstić information content (AvgIpc) is 3.17. The number of amides is 2. The van der Waals surface area contributed by atoms with Gasteiger partial charge in [0.05, 0.1) is 18.4 Å². The number of carbonyl (C=O) groups is 2. The van der Waals surface area contributed by atoms with E-state index in [9.17, 15) is 9.59 Å². The maximum Gasteiger partial charge on any atom is 0.245 e. The third-order valence-corrected chi connectivity index (χ3v) is 3.47. The summed E-state index contributed by atoms with van der Waals surface area (Å²) in [7, 11) is 0. The molecule has 2 amide bonds. The summed E-state index contributed by atoms with van der Waals surface area (Å²) < 4.78 is 5.07. The Morgan fingerprint density at radius 1 is 1.27 bits per heavy atom. The lowest BCUT2D eigenvalue weighted by Gasteiger charge is -2.16. The van der Waals surface area contributed by atoms with Crippen LogP contribution in [0, 0.1) is 5.92 Å². The van der Waals surface area contributed by atoms with Crippen LogP contribution >= 0.6 is 0 Å². The fourth-order valence-corrected chi connectivity index (χ4v) is 2.36. The molecule has 1 atom stereocenters. The van der Waals surface area contributed by atoms with Crippen LogP contribution in [-0.4, -0.2) is 24.6 Å². The molecule has 0 bridgehead atoms. The summed E-state index contributed by atoms with van der Waals surface area (Å²) in [5, 5.41) is 3.83. The van der Waals surface area contributed by atoms with Gasteiger partial charge in [0.25, 0.3) is 0 Å². The van der Waals surface area contributed by atoms with Crippen molar-refractivity contribution in [2.75, 3.05) is 11.4 Å². The second-order valence-electron chi connectivity index (χ2n) is 4.99. The van der Waals surface area contributed by atoms with Crippen LogP contribution in [-0.2, 0) is 9.59 Å². The van der Waals surface area contributed by atoms with Crippen LogP contribution in [0.3, 0.4) is 0 Å².